The van der Waals surface area contributed by atoms with E-state index >= 15 is 0 Å². The van der Waals surface area contributed by atoms with Crippen LogP contribution in [0.4, 0.5) is 26.3 Å². The first-order valence-corrected chi connectivity index (χ1v) is 13.4. The summed E-state index contributed by atoms with van der Waals surface area (Å²) in [6, 6.07) is 9.89. The fourth-order valence-electron chi connectivity index (χ4n) is 4.13. The van der Waals surface area contributed by atoms with Crippen LogP contribution in [0.25, 0.3) is 0 Å². The van der Waals surface area contributed by atoms with Gasteiger partial charge < -0.3 is 9.74 Å². The molecule has 1 aliphatic rings. The predicted octanol–water partition coefficient (Wildman–Crippen LogP) is 6.57. The minimum absolute atomic E-state index is 0.136. The number of hydrogen-bond donors (Lipinski definition) is 1. The summed E-state index contributed by atoms with van der Waals surface area (Å²) >= 11 is 0. The Morgan fingerprint density at radius 3 is 1.74 bits per heavy atom. The van der Waals surface area contributed by atoms with Gasteiger partial charge in [-0.15, -0.1) is 0 Å². The van der Waals surface area contributed by atoms with Gasteiger partial charge in [-0.25, -0.2) is 0 Å². The number of hydrogen-bond acceptors (Lipinski definition) is 2. The maximum absolute atomic E-state index is 13.6. The zero-order valence-corrected chi connectivity index (χ0v) is 18.5. The smallest absolute Gasteiger partial charge is 0.403 e. The maximum atomic E-state index is 13.6. The first kappa shape index (κ1) is 23.8. The Morgan fingerprint density at radius 1 is 0.806 bits per heavy atom. The van der Waals surface area contributed by atoms with Gasteiger partial charge >= 0.3 is 12.4 Å². The van der Waals surface area contributed by atoms with Crippen LogP contribution in [0, 0.1) is 0 Å². The van der Waals surface area contributed by atoms with Crippen LogP contribution >= 0.6 is 0 Å². The number of rotatable bonds is 5. The highest BCUT2D eigenvalue weighted by Crippen LogP contribution is 2.46. The molecule has 31 heavy (non-hydrogen) atoms. The average Bonchev–Trinajstić information content (AvgIpc) is 3.19. The normalized spacial score (nSPS) is 20.0. The monoisotopic (exact) mass is 461 g/mol. The third-order valence-electron chi connectivity index (χ3n) is 5.24. The van der Waals surface area contributed by atoms with E-state index in [-0.39, 0.29) is 11.6 Å². The summed E-state index contributed by atoms with van der Waals surface area (Å²) in [5.41, 5.74) is -3.76. The molecule has 1 unspecified atom stereocenters. The molecule has 2 nitrogen and oxygen atoms in total. The van der Waals surface area contributed by atoms with Crippen LogP contribution in [0.15, 0.2) is 48.5 Å². The van der Waals surface area contributed by atoms with E-state index in [0.29, 0.717) is 18.5 Å². The SMILES string of the molecule is C[Si](C)(C)OC(c1ccccc1)(c1cc(C(F)(F)F)cc(C(F)(F)F)c1)[C@@H]1CCCN1. The van der Waals surface area contributed by atoms with Gasteiger partial charge in [0.25, 0.3) is 0 Å². The molecule has 0 aromatic heterocycles. The van der Waals surface area contributed by atoms with Crippen molar-refractivity contribution in [2.45, 2.75) is 56.5 Å². The van der Waals surface area contributed by atoms with Gasteiger partial charge in [-0.1, -0.05) is 30.3 Å². The second-order valence-corrected chi connectivity index (χ2v) is 13.2. The molecule has 1 saturated heterocycles. The van der Waals surface area contributed by atoms with Crippen molar-refractivity contribution >= 4 is 8.32 Å². The van der Waals surface area contributed by atoms with Crippen LogP contribution < -0.4 is 5.32 Å². The molecular weight excluding hydrogens is 436 g/mol. The minimum Gasteiger partial charge on any atom is -0.403 e. The minimum atomic E-state index is -4.93. The van der Waals surface area contributed by atoms with Crippen molar-refractivity contribution in [3.63, 3.8) is 0 Å². The fraction of sp³-hybridized carbons (Fsp3) is 0.455. The molecule has 0 amide bonds. The van der Waals surface area contributed by atoms with E-state index in [9.17, 15) is 26.3 Å². The third kappa shape index (κ3) is 5.15. The van der Waals surface area contributed by atoms with E-state index in [4.69, 9.17) is 4.43 Å². The second-order valence-electron chi connectivity index (χ2n) is 8.76. The fourth-order valence-corrected chi connectivity index (χ4v) is 5.47. The molecule has 0 aliphatic carbocycles. The van der Waals surface area contributed by atoms with Crippen LogP contribution in [0.5, 0.6) is 0 Å². The summed E-state index contributed by atoms with van der Waals surface area (Å²) in [5.74, 6) is 0. The Morgan fingerprint density at radius 2 is 1.32 bits per heavy atom. The van der Waals surface area contributed by atoms with Crippen LogP contribution in [0.1, 0.15) is 35.1 Å². The molecule has 1 N–H and O–H groups in total. The molecule has 9 heteroatoms. The molecular formula is C22H25F6NOSi. The molecule has 3 rings (SSSR count). The second kappa shape index (κ2) is 8.25. The summed E-state index contributed by atoms with van der Waals surface area (Å²) in [6.07, 6.45) is -8.54. The summed E-state index contributed by atoms with van der Waals surface area (Å²) in [7, 11) is -2.45. The Balaban J connectivity index is 2.38. The van der Waals surface area contributed by atoms with Crippen LogP contribution in [-0.4, -0.2) is 20.9 Å². The number of alkyl halides is 6. The molecule has 2 atom stereocenters. The number of benzene rings is 2. The third-order valence-corrected chi connectivity index (χ3v) is 6.17. The Hall–Kier alpha value is -1.84. The molecule has 1 heterocycles. The van der Waals surface area contributed by atoms with Crippen LogP contribution in [-0.2, 0) is 22.4 Å². The highest BCUT2D eigenvalue weighted by Gasteiger charge is 2.49. The van der Waals surface area contributed by atoms with Crippen molar-refractivity contribution < 1.29 is 30.8 Å². The van der Waals surface area contributed by atoms with E-state index in [1.807, 2.05) is 19.6 Å². The van der Waals surface area contributed by atoms with Crippen molar-refractivity contribution in [2.75, 3.05) is 6.54 Å². The highest BCUT2D eigenvalue weighted by molar-refractivity contribution is 6.69. The zero-order valence-electron chi connectivity index (χ0n) is 17.5. The summed E-state index contributed by atoms with van der Waals surface area (Å²) in [4.78, 5) is 0. The van der Waals surface area contributed by atoms with E-state index in [0.717, 1.165) is 18.6 Å². The lowest BCUT2D eigenvalue weighted by Crippen LogP contribution is -2.53. The molecule has 1 aliphatic heterocycles. The summed E-state index contributed by atoms with van der Waals surface area (Å²) in [6.45, 7) is 6.23. The Labute approximate surface area is 178 Å². The number of halogens is 6. The van der Waals surface area contributed by atoms with Crippen molar-refractivity contribution in [1.82, 2.24) is 5.32 Å². The lowest BCUT2D eigenvalue weighted by molar-refractivity contribution is -0.143. The quantitative estimate of drug-likeness (QED) is 0.402. The standard InChI is InChI=1S/C22H25F6NOSi/c1-31(2,3)30-20(19-10-7-11-29-19,15-8-5-4-6-9-15)16-12-17(21(23,24)25)14-18(13-16)22(26,27)28/h4-6,8-9,12-14,19,29H,7,10-11H2,1-3H3/t19-,20?/m0/s1. The van der Waals surface area contributed by atoms with E-state index in [1.165, 1.54) is 0 Å². The lowest BCUT2D eigenvalue weighted by Gasteiger charge is -2.45. The van der Waals surface area contributed by atoms with Crippen molar-refractivity contribution in [1.29, 1.82) is 0 Å². The van der Waals surface area contributed by atoms with Gasteiger partial charge in [0, 0.05) is 6.04 Å². The van der Waals surface area contributed by atoms with E-state index in [2.05, 4.69) is 5.32 Å². The molecule has 2 aromatic rings. The van der Waals surface area contributed by atoms with Crippen LogP contribution in [0.2, 0.25) is 19.6 Å². The Bertz CT molecular complexity index is 869. The van der Waals surface area contributed by atoms with Gasteiger partial charge in [0.05, 0.1) is 11.1 Å². The van der Waals surface area contributed by atoms with Gasteiger partial charge in [0.15, 0.2) is 8.32 Å². The summed E-state index contributed by atoms with van der Waals surface area (Å²) < 4.78 is 88.3. The van der Waals surface area contributed by atoms with Gasteiger partial charge in [-0.05, 0) is 68.4 Å². The molecule has 0 saturated carbocycles. The Kier molecular flexibility index (Phi) is 6.34. The molecule has 0 bridgehead atoms. The van der Waals surface area contributed by atoms with Crippen molar-refractivity contribution in [2.24, 2.45) is 0 Å². The van der Waals surface area contributed by atoms with Gasteiger partial charge in [0.1, 0.15) is 5.60 Å². The highest BCUT2D eigenvalue weighted by atomic mass is 28.4. The molecule has 1 fully saturated rings. The topological polar surface area (TPSA) is 21.3 Å². The molecule has 170 valence electrons. The lowest BCUT2D eigenvalue weighted by atomic mass is 9.78. The van der Waals surface area contributed by atoms with Gasteiger partial charge in [-0.3, -0.25) is 0 Å². The van der Waals surface area contributed by atoms with Gasteiger partial charge in [-0.2, -0.15) is 26.3 Å². The number of nitrogens with one attached hydrogen (secondary N) is 1. The van der Waals surface area contributed by atoms with E-state index < -0.39 is 43.4 Å². The van der Waals surface area contributed by atoms with Crippen LogP contribution in [0.3, 0.4) is 0 Å². The average molecular weight is 462 g/mol. The molecule has 0 radical (unpaired) electrons. The van der Waals surface area contributed by atoms with Crippen molar-refractivity contribution in [3.05, 3.63) is 70.8 Å². The molecule has 0 spiro atoms. The van der Waals surface area contributed by atoms with E-state index in [1.54, 1.807) is 30.3 Å². The maximum Gasteiger partial charge on any atom is 0.416 e. The first-order valence-electron chi connectivity index (χ1n) is 10.0. The predicted molar refractivity (Wildman–Crippen MR) is 109 cm³/mol. The molecule has 2 aromatic carbocycles. The zero-order chi connectivity index (χ0) is 23.1. The largest absolute Gasteiger partial charge is 0.416 e. The summed E-state index contributed by atoms with van der Waals surface area (Å²) in [5, 5.41) is 3.27. The first-order chi connectivity index (χ1) is 14.2. The van der Waals surface area contributed by atoms with Gasteiger partial charge in [0.2, 0.25) is 0 Å². The van der Waals surface area contributed by atoms with Crippen molar-refractivity contribution in [3.8, 4) is 0 Å².